The summed E-state index contributed by atoms with van der Waals surface area (Å²) in [5.74, 6) is 1.43. The third-order valence-corrected chi connectivity index (χ3v) is 4.46. The summed E-state index contributed by atoms with van der Waals surface area (Å²) < 4.78 is 10.6. The van der Waals surface area contributed by atoms with Crippen molar-refractivity contribution < 1.29 is 9.47 Å². The molecule has 2 aliphatic rings. The van der Waals surface area contributed by atoms with Gasteiger partial charge in [0, 0.05) is 0 Å². The Morgan fingerprint density at radius 2 is 1.78 bits per heavy atom. The smallest absolute Gasteiger partial charge is 0.161 e. The van der Waals surface area contributed by atoms with Crippen molar-refractivity contribution in [3.8, 4) is 17.6 Å². The van der Waals surface area contributed by atoms with Gasteiger partial charge in [-0.3, -0.25) is 0 Å². The number of rotatable bonds is 3. The van der Waals surface area contributed by atoms with E-state index in [9.17, 15) is 5.26 Å². The fourth-order valence-electron chi connectivity index (χ4n) is 3.24. The number of benzene rings is 1. The van der Waals surface area contributed by atoms with Gasteiger partial charge >= 0.3 is 0 Å². The Morgan fingerprint density at radius 1 is 1.11 bits per heavy atom. The van der Waals surface area contributed by atoms with Crippen molar-refractivity contribution >= 4 is 0 Å². The maximum absolute atomic E-state index is 9.52. The van der Waals surface area contributed by atoms with Crippen LogP contribution < -0.4 is 9.47 Å². The maximum Gasteiger partial charge on any atom is 0.161 e. The van der Waals surface area contributed by atoms with Crippen LogP contribution >= 0.6 is 0 Å². The zero-order valence-corrected chi connectivity index (χ0v) is 10.8. The molecule has 18 heavy (non-hydrogen) atoms. The Balaban J connectivity index is 1.94. The second-order valence-electron chi connectivity index (χ2n) is 5.62. The van der Waals surface area contributed by atoms with E-state index in [2.05, 4.69) is 6.07 Å². The SMILES string of the molecule is COc1ccc(C2(C#N)CC3(CC3)C2)cc1OC. The largest absolute Gasteiger partial charge is 0.493 e. The van der Waals surface area contributed by atoms with Crippen molar-refractivity contribution in [2.75, 3.05) is 14.2 Å². The highest BCUT2D eigenvalue weighted by Gasteiger charge is 2.62. The molecule has 0 aliphatic heterocycles. The van der Waals surface area contributed by atoms with Gasteiger partial charge in [-0.2, -0.15) is 5.26 Å². The molecule has 2 fully saturated rings. The van der Waals surface area contributed by atoms with Crippen molar-refractivity contribution in [1.29, 1.82) is 5.26 Å². The number of nitrogens with zero attached hydrogens (tertiary/aromatic N) is 1. The third kappa shape index (κ3) is 1.49. The van der Waals surface area contributed by atoms with Crippen LogP contribution in [0.15, 0.2) is 18.2 Å². The van der Waals surface area contributed by atoms with Gasteiger partial charge in [-0.25, -0.2) is 0 Å². The van der Waals surface area contributed by atoms with E-state index in [1.54, 1.807) is 14.2 Å². The Labute approximate surface area is 107 Å². The number of hydrogen-bond acceptors (Lipinski definition) is 3. The van der Waals surface area contributed by atoms with Crippen molar-refractivity contribution in [1.82, 2.24) is 0 Å². The van der Waals surface area contributed by atoms with E-state index in [1.807, 2.05) is 18.2 Å². The molecule has 3 heteroatoms. The molecule has 0 heterocycles. The molecule has 1 spiro atoms. The minimum atomic E-state index is -0.296. The van der Waals surface area contributed by atoms with Gasteiger partial charge in [0.05, 0.1) is 25.7 Å². The highest BCUT2D eigenvalue weighted by molar-refractivity contribution is 5.49. The standard InChI is InChI=1S/C15H17NO2/c1-17-12-4-3-11(7-13(12)18-2)15(10-16)8-14(9-15)5-6-14/h3-4,7H,5-6,8-9H2,1-2H3. The highest BCUT2D eigenvalue weighted by atomic mass is 16.5. The minimum absolute atomic E-state index is 0.296. The average Bonchev–Trinajstić information content (AvgIpc) is 3.16. The van der Waals surface area contributed by atoms with Gasteiger partial charge < -0.3 is 9.47 Å². The highest BCUT2D eigenvalue weighted by Crippen LogP contribution is 2.68. The molecule has 2 saturated carbocycles. The molecule has 0 bridgehead atoms. The van der Waals surface area contributed by atoms with Gasteiger partial charge in [0.1, 0.15) is 0 Å². The summed E-state index contributed by atoms with van der Waals surface area (Å²) in [6, 6.07) is 8.37. The van der Waals surface area contributed by atoms with Gasteiger partial charge in [0.15, 0.2) is 11.5 Å². The lowest BCUT2D eigenvalue weighted by molar-refractivity contribution is 0.172. The molecule has 0 radical (unpaired) electrons. The van der Waals surface area contributed by atoms with E-state index in [0.717, 1.165) is 24.2 Å². The second kappa shape index (κ2) is 3.65. The molecule has 0 unspecified atom stereocenters. The number of methoxy groups -OCH3 is 2. The minimum Gasteiger partial charge on any atom is -0.493 e. The zero-order chi connectivity index (χ0) is 12.8. The van der Waals surface area contributed by atoms with Crippen LogP contribution in [-0.2, 0) is 5.41 Å². The number of hydrogen-bond donors (Lipinski definition) is 0. The Hall–Kier alpha value is -1.69. The Kier molecular flexibility index (Phi) is 2.31. The fourth-order valence-corrected chi connectivity index (χ4v) is 3.24. The van der Waals surface area contributed by atoms with E-state index in [0.29, 0.717) is 11.2 Å². The molecule has 3 rings (SSSR count). The first-order valence-corrected chi connectivity index (χ1v) is 6.31. The predicted molar refractivity (Wildman–Crippen MR) is 67.7 cm³/mol. The summed E-state index contributed by atoms with van der Waals surface area (Å²) in [7, 11) is 3.25. The first-order chi connectivity index (χ1) is 8.67. The lowest BCUT2D eigenvalue weighted by Gasteiger charge is -2.44. The summed E-state index contributed by atoms with van der Waals surface area (Å²) >= 11 is 0. The molecule has 1 aromatic rings. The lowest BCUT2D eigenvalue weighted by atomic mass is 9.57. The van der Waals surface area contributed by atoms with E-state index in [1.165, 1.54) is 12.8 Å². The summed E-state index contributed by atoms with van der Waals surface area (Å²) in [4.78, 5) is 0. The number of nitriles is 1. The van der Waals surface area contributed by atoms with Crippen LogP contribution in [0.4, 0.5) is 0 Å². The van der Waals surface area contributed by atoms with E-state index in [4.69, 9.17) is 9.47 Å². The average molecular weight is 243 g/mol. The maximum atomic E-state index is 9.52. The molecule has 0 saturated heterocycles. The van der Waals surface area contributed by atoms with Crippen molar-refractivity contribution in [3.05, 3.63) is 23.8 Å². The van der Waals surface area contributed by atoms with E-state index in [-0.39, 0.29) is 5.41 Å². The van der Waals surface area contributed by atoms with E-state index >= 15 is 0 Å². The fraction of sp³-hybridized carbons (Fsp3) is 0.533. The molecule has 0 atom stereocenters. The van der Waals surface area contributed by atoms with Crippen LogP contribution in [0.25, 0.3) is 0 Å². The van der Waals surface area contributed by atoms with Gasteiger partial charge in [0.2, 0.25) is 0 Å². The van der Waals surface area contributed by atoms with Crippen molar-refractivity contribution in [2.24, 2.45) is 5.41 Å². The normalized spacial score (nSPS) is 21.8. The molecule has 0 aromatic heterocycles. The molecule has 2 aliphatic carbocycles. The van der Waals surface area contributed by atoms with Crippen molar-refractivity contribution in [2.45, 2.75) is 31.1 Å². The van der Waals surface area contributed by atoms with Gasteiger partial charge in [-0.15, -0.1) is 0 Å². The monoisotopic (exact) mass is 243 g/mol. The van der Waals surface area contributed by atoms with Crippen LogP contribution in [0.1, 0.15) is 31.2 Å². The molecule has 1 aromatic carbocycles. The first-order valence-electron chi connectivity index (χ1n) is 6.31. The summed E-state index contributed by atoms with van der Waals surface area (Å²) in [5, 5.41) is 9.52. The zero-order valence-electron chi connectivity index (χ0n) is 10.8. The molecule has 0 N–H and O–H groups in total. The molecule has 3 nitrogen and oxygen atoms in total. The van der Waals surface area contributed by atoms with Crippen LogP contribution in [0, 0.1) is 16.7 Å². The molecular formula is C15H17NO2. The van der Waals surface area contributed by atoms with Crippen LogP contribution in [0.3, 0.4) is 0 Å². The first kappa shape index (κ1) is 11.4. The lowest BCUT2D eigenvalue weighted by Crippen LogP contribution is -2.41. The molecular weight excluding hydrogens is 226 g/mol. The van der Waals surface area contributed by atoms with Crippen molar-refractivity contribution in [3.63, 3.8) is 0 Å². The summed E-state index contributed by atoms with van der Waals surface area (Å²) in [5.41, 5.74) is 1.28. The Bertz CT molecular complexity index is 518. The van der Waals surface area contributed by atoms with Gasteiger partial charge in [0.25, 0.3) is 0 Å². The Morgan fingerprint density at radius 3 is 2.28 bits per heavy atom. The predicted octanol–water partition coefficient (Wildman–Crippen LogP) is 3.04. The van der Waals surface area contributed by atoms with Crippen LogP contribution in [-0.4, -0.2) is 14.2 Å². The van der Waals surface area contributed by atoms with Crippen LogP contribution in [0.5, 0.6) is 11.5 Å². The second-order valence-corrected chi connectivity index (χ2v) is 5.62. The topological polar surface area (TPSA) is 42.2 Å². The summed E-state index contributed by atoms with van der Waals surface area (Å²) in [6.07, 6.45) is 4.60. The molecule has 94 valence electrons. The van der Waals surface area contributed by atoms with Gasteiger partial charge in [-0.05, 0) is 48.8 Å². The number of ether oxygens (including phenoxy) is 2. The van der Waals surface area contributed by atoms with Crippen LogP contribution in [0.2, 0.25) is 0 Å². The van der Waals surface area contributed by atoms with Gasteiger partial charge in [-0.1, -0.05) is 6.07 Å². The summed E-state index contributed by atoms with van der Waals surface area (Å²) in [6.45, 7) is 0. The van der Waals surface area contributed by atoms with E-state index < -0.39 is 0 Å². The molecule has 0 amide bonds. The third-order valence-electron chi connectivity index (χ3n) is 4.46. The quantitative estimate of drug-likeness (QED) is 0.819.